The van der Waals surface area contributed by atoms with E-state index in [9.17, 15) is 22.8 Å². The number of nitrogens with one attached hydrogen (secondary N) is 2. The number of hydrogen-bond acceptors (Lipinski definition) is 8. The van der Waals surface area contributed by atoms with Gasteiger partial charge in [0.15, 0.2) is 0 Å². The first-order chi connectivity index (χ1) is 19.7. The zero-order valence-electron chi connectivity index (χ0n) is 24.0. The largest absolute Gasteiger partial charge is 0.444 e. The number of rotatable bonds is 6. The Labute approximate surface area is 245 Å². The lowest BCUT2D eigenvalue weighted by molar-refractivity contribution is 0.0634. The fourth-order valence-corrected chi connectivity index (χ4v) is 5.44. The van der Waals surface area contributed by atoms with Crippen LogP contribution in [-0.2, 0) is 14.8 Å². The van der Waals surface area contributed by atoms with Gasteiger partial charge in [-0.1, -0.05) is 6.07 Å². The minimum atomic E-state index is -4.06. The molecule has 0 bridgehead atoms. The van der Waals surface area contributed by atoms with Crippen molar-refractivity contribution in [2.75, 3.05) is 42.1 Å². The van der Waals surface area contributed by atoms with Gasteiger partial charge in [0.05, 0.1) is 4.90 Å². The monoisotopic (exact) mass is 593 g/mol. The van der Waals surface area contributed by atoms with Gasteiger partial charge < -0.3 is 20.3 Å². The molecule has 1 fully saturated rings. The van der Waals surface area contributed by atoms with Crippen LogP contribution in [0.25, 0.3) is 0 Å². The normalized spacial score (nSPS) is 13.8. The van der Waals surface area contributed by atoms with Crippen LogP contribution in [0.5, 0.6) is 0 Å². The van der Waals surface area contributed by atoms with E-state index in [2.05, 4.69) is 14.9 Å². The molecule has 0 saturated carbocycles. The molecule has 11 nitrogen and oxygen atoms in total. The van der Waals surface area contributed by atoms with Crippen LogP contribution in [-0.4, -0.2) is 63.0 Å². The summed E-state index contributed by atoms with van der Waals surface area (Å²) in [5, 5.41) is 2.66. The molecule has 0 aliphatic carbocycles. The topological polar surface area (TPSA) is 151 Å². The van der Waals surface area contributed by atoms with Crippen LogP contribution < -0.4 is 20.7 Å². The Balaban J connectivity index is 1.33. The second kappa shape index (κ2) is 12.1. The van der Waals surface area contributed by atoms with Gasteiger partial charge >= 0.3 is 6.09 Å². The van der Waals surface area contributed by atoms with Crippen molar-refractivity contribution in [3.8, 4) is 0 Å². The molecule has 3 amide bonds. The van der Waals surface area contributed by atoms with Gasteiger partial charge in [0, 0.05) is 54.4 Å². The lowest BCUT2D eigenvalue weighted by atomic mass is 10.1. The number of aryl methyl sites for hydroxylation is 1. The van der Waals surface area contributed by atoms with Crippen LogP contribution in [0.4, 0.5) is 21.9 Å². The van der Waals surface area contributed by atoms with Crippen molar-refractivity contribution in [1.82, 2.24) is 9.62 Å². The zero-order valence-corrected chi connectivity index (χ0v) is 24.8. The third-order valence-electron chi connectivity index (χ3n) is 6.59. The van der Waals surface area contributed by atoms with Crippen molar-refractivity contribution in [3.05, 3.63) is 83.4 Å². The number of carbonyl (C=O) groups is 3. The highest BCUT2D eigenvalue weighted by atomic mass is 32.2. The predicted molar refractivity (Wildman–Crippen MR) is 161 cm³/mol. The highest BCUT2D eigenvalue weighted by Gasteiger charge is 2.24. The Morgan fingerprint density at radius 1 is 0.881 bits per heavy atom. The Kier molecular flexibility index (Phi) is 8.76. The molecule has 0 radical (unpaired) electrons. The first-order valence-electron chi connectivity index (χ1n) is 13.4. The third kappa shape index (κ3) is 7.58. The summed E-state index contributed by atoms with van der Waals surface area (Å²) in [5.74, 6) is -0.887. The van der Waals surface area contributed by atoms with Crippen molar-refractivity contribution in [3.63, 3.8) is 0 Å². The number of benzene rings is 3. The van der Waals surface area contributed by atoms with Crippen LogP contribution >= 0.6 is 0 Å². The second-order valence-electron chi connectivity index (χ2n) is 11.0. The first kappa shape index (κ1) is 30.4. The third-order valence-corrected chi connectivity index (χ3v) is 7.92. The number of nitrogens with two attached hydrogens (primary N) is 1. The van der Waals surface area contributed by atoms with Crippen molar-refractivity contribution in [1.29, 1.82) is 0 Å². The highest BCUT2D eigenvalue weighted by molar-refractivity contribution is 7.90. The first-order valence-corrected chi connectivity index (χ1v) is 14.9. The molecule has 1 heterocycles. The number of nitrogen functional groups attached to an aromatic ring is 1. The van der Waals surface area contributed by atoms with Gasteiger partial charge in [0.25, 0.3) is 21.8 Å². The molecule has 42 heavy (non-hydrogen) atoms. The van der Waals surface area contributed by atoms with Gasteiger partial charge in [0.1, 0.15) is 5.60 Å². The van der Waals surface area contributed by atoms with E-state index in [4.69, 9.17) is 10.5 Å². The molecule has 222 valence electrons. The summed E-state index contributed by atoms with van der Waals surface area (Å²) in [7, 11) is -4.06. The van der Waals surface area contributed by atoms with E-state index >= 15 is 0 Å². The number of nitrogens with zero attached hydrogens (tertiary/aromatic N) is 2. The van der Waals surface area contributed by atoms with Crippen LogP contribution in [0.3, 0.4) is 0 Å². The van der Waals surface area contributed by atoms with Crippen LogP contribution in [0, 0.1) is 6.92 Å². The number of hydrogen-bond donors (Lipinski definition) is 3. The molecular formula is C30H35N5O6S. The van der Waals surface area contributed by atoms with Crippen molar-refractivity contribution < 1.29 is 27.5 Å². The number of carbonyl (C=O) groups excluding carboxylic acids is 3. The summed E-state index contributed by atoms with van der Waals surface area (Å²) in [4.78, 5) is 41.7. The molecule has 3 aromatic rings. The summed E-state index contributed by atoms with van der Waals surface area (Å²) in [6, 6.07) is 17.6. The molecule has 4 N–H and O–H groups in total. The quantitative estimate of drug-likeness (QED) is 0.363. The van der Waals surface area contributed by atoms with Crippen molar-refractivity contribution >= 4 is 45.0 Å². The van der Waals surface area contributed by atoms with E-state index < -0.39 is 27.6 Å². The fourth-order valence-electron chi connectivity index (χ4n) is 4.38. The lowest BCUT2D eigenvalue weighted by Crippen LogP contribution is -2.48. The van der Waals surface area contributed by atoms with E-state index in [1.54, 1.807) is 81.1 Å². The Bertz CT molecular complexity index is 1590. The molecule has 4 rings (SSSR count). The smallest absolute Gasteiger partial charge is 0.412 e. The Morgan fingerprint density at radius 3 is 2.17 bits per heavy atom. The van der Waals surface area contributed by atoms with E-state index in [1.807, 2.05) is 0 Å². The lowest BCUT2D eigenvalue weighted by Gasteiger charge is -2.36. The Morgan fingerprint density at radius 2 is 1.55 bits per heavy atom. The van der Waals surface area contributed by atoms with Gasteiger partial charge in [-0.2, -0.15) is 0 Å². The zero-order chi connectivity index (χ0) is 30.7. The van der Waals surface area contributed by atoms with Crippen molar-refractivity contribution in [2.24, 2.45) is 0 Å². The maximum atomic E-state index is 13.1. The number of sulfonamides is 1. The molecule has 0 spiro atoms. The van der Waals surface area contributed by atoms with Crippen LogP contribution in [0.15, 0.2) is 71.6 Å². The minimum Gasteiger partial charge on any atom is -0.444 e. The van der Waals surface area contributed by atoms with E-state index in [-0.39, 0.29) is 16.4 Å². The van der Waals surface area contributed by atoms with Gasteiger partial charge in [-0.3, -0.25) is 14.9 Å². The summed E-state index contributed by atoms with van der Waals surface area (Å²) in [6.07, 6.45) is -0.595. The average molecular weight is 594 g/mol. The maximum absolute atomic E-state index is 13.1. The van der Waals surface area contributed by atoms with E-state index in [0.29, 0.717) is 48.7 Å². The van der Waals surface area contributed by atoms with Gasteiger partial charge in [0.2, 0.25) is 0 Å². The highest BCUT2D eigenvalue weighted by Crippen LogP contribution is 2.21. The van der Waals surface area contributed by atoms with Gasteiger partial charge in [-0.05, 0) is 93.9 Å². The minimum absolute atomic E-state index is 0.0439. The molecule has 1 aliphatic rings. The molecule has 1 saturated heterocycles. The molecular weight excluding hydrogens is 558 g/mol. The molecule has 0 unspecified atom stereocenters. The van der Waals surface area contributed by atoms with Crippen LogP contribution in [0.1, 0.15) is 47.1 Å². The van der Waals surface area contributed by atoms with Gasteiger partial charge in [-0.25, -0.2) is 17.9 Å². The number of ether oxygens (including phenoxy) is 1. The average Bonchev–Trinajstić information content (AvgIpc) is 2.93. The second-order valence-corrected chi connectivity index (χ2v) is 12.7. The summed E-state index contributed by atoms with van der Waals surface area (Å²) < 4.78 is 32.7. The molecule has 0 atom stereocenters. The maximum Gasteiger partial charge on any atom is 0.412 e. The fraction of sp³-hybridized carbons (Fsp3) is 0.300. The number of anilines is 3. The van der Waals surface area contributed by atoms with E-state index in [0.717, 1.165) is 5.69 Å². The predicted octanol–water partition coefficient (Wildman–Crippen LogP) is 4.01. The van der Waals surface area contributed by atoms with E-state index in [1.165, 1.54) is 18.2 Å². The SMILES string of the molecule is Cc1cc(S(=O)(=O)NC(=O)c2ccc(N3CCN(C(=O)c4cccc(NC(=O)OC(C)(C)C)c4)CC3)cc2)ccc1N. The molecule has 0 aromatic heterocycles. The number of amides is 3. The number of piperazine rings is 1. The molecule has 12 heteroatoms. The van der Waals surface area contributed by atoms with Crippen LogP contribution in [0.2, 0.25) is 0 Å². The molecule has 3 aromatic carbocycles. The summed E-state index contributed by atoms with van der Waals surface area (Å²) in [5.41, 5.74) is 8.15. The molecule has 1 aliphatic heterocycles. The van der Waals surface area contributed by atoms with Gasteiger partial charge in [-0.15, -0.1) is 0 Å². The van der Waals surface area contributed by atoms with Crippen molar-refractivity contribution in [2.45, 2.75) is 38.2 Å². The summed E-state index contributed by atoms with van der Waals surface area (Å²) in [6.45, 7) is 9.10. The standard InChI is InChI=1S/C30H35N5O6S/c1-20-18-25(12-13-26(20)31)42(39,40)33-27(36)21-8-10-24(11-9-21)34-14-16-35(17-15-34)28(37)22-6-5-7-23(19-22)32-29(38)41-30(2,3)4/h5-13,18-19H,14-17,31H2,1-4H3,(H,32,38)(H,33,36). The summed E-state index contributed by atoms with van der Waals surface area (Å²) >= 11 is 0. The Hall–Kier alpha value is -4.58.